The molecule has 2 aromatic carbocycles. The van der Waals surface area contributed by atoms with Crippen LogP contribution < -0.4 is 10.2 Å². The van der Waals surface area contributed by atoms with Crippen molar-refractivity contribution in [2.24, 2.45) is 5.92 Å². The molecule has 1 amide bonds. The van der Waals surface area contributed by atoms with Crippen LogP contribution in [0.4, 0.5) is 15.2 Å². The fourth-order valence-electron chi connectivity index (χ4n) is 3.19. The van der Waals surface area contributed by atoms with Crippen molar-refractivity contribution in [2.45, 2.75) is 6.92 Å². The van der Waals surface area contributed by atoms with Gasteiger partial charge in [0.05, 0.1) is 31.4 Å². The SMILES string of the molecule is Cc1nc2cc(NC(=O)C3CN(c4nc5ccc(F)cc5s4)C3)ccc2s1. The molecular formula is C19H15FN4OS2. The number of benzene rings is 2. The summed E-state index contributed by atoms with van der Waals surface area (Å²) in [6.45, 7) is 3.21. The Bertz CT molecular complexity index is 1180. The second kappa shape index (κ2) is 6.24. The molecule has 5 rings (SSSR count). The molecule has 0 radical (unpaired) electrons. The third-order valence-electron chi connectivity index (χ3n) is 4.62. The maximum absolute atomic E-state index is 13.3. The minimum absolute atomic E-state index is 0.00436. The molecule has 0 saturated carbocycles. The normalized spacial score (nSPS) is 14.7. The molecule has 0 atom stereocenters. The van der Waals surface area contributed by atoms with Crippen molar-refractivity contribution in [3.05, 3.63) is 47.2 Å². The van der Waals surface area contributed by atoms with E-state index in [1.807, 2.05) is 25.1 Å². The maximum atomic E-state index is 13.3. The zero-order valence-electron chi connectivity index (χ0n) is 14.4. The molecule has 4 aromatic rings. The van der Waals surface area contributed by atoms with Crippen molar-refractivity contribution >= 4 is 59.8 Å². The fraction of sp³-hybridized carbons (Fsp3) is 0.211. The first kappa shape index (κ1) is 16.6. The lowest BCUT2D eigenvalue weighted by Crippen LogP contribution is -2.52. The molecule has 1 fully saturated rings. The summed E-state index contributed by atoms with van der Waals surface area (Å²) in [6.07, 6.45) is 0. The van der Waals surface area contributed by atoms with Crippen LogP contribution in [0.3, 0.4) is 0 Å². The number of hydrogen-bond donors (Lipinski definition) is 1. The molecule has 2 aromatic heterocycles. The van der Waals surface area contributed by atoms with E-state index in [4.69, 9.17) is 0 Å². The van der Waals surface area contributed by atoms with Crippen molar-refractivity contribution in [2.75, 3.05) is 23.3 Å². The Morgan fingerprint density at radius 3 is 2.81 bits per heavy atom. The van der Waals surface area contributed by atoms with E-state index >= 15 is 0 Å². The van der Waals surface area contributed by atoms with Gasteiger partial charge in [0.15, 0.2) is 5.13 Å². The largest absolute Gasteiger partial charge is 0.346 e. The van der Waals surface area contributed by atoms with E-state index in [2.05, 4.69) is 20.2 Å². The molecule has 0 bridgehead atoms. The highest BCUT2D eigenvalue weighted by atomic mass is 32.1. The second-order valence-corrected chi connectivity index (χ2v) is 8.86. The molecule has 0 spiro atoms. The molecule has 8 heteroatoms. The van der Waals surface area contributed by atoms with Gasteiger partial charge in [-0.2, -0.15) is 0 Å². The number of carbonyl (C=O) groups excluding carboxylic acids is 1. The van der Waals surface area contributed by atoms with Gasteiger partial charge in [0.1, 0.15) is 5.82 Å². The number of rotatable bonds is 3. The van der Waals surface area contributed by atoms with Crippen LogP contribution in [0.1, 0.15) is 5.01 Å². The van der Waals surface area contributed by atoms with Gasteiger partial charge in [-0.3, -0.25) is 4.79 Å². The van der Waals surface area contributed by atoms with Gasteiger partial charge in [0.2, 0.25) is 5.91 Å². The maximum Gasteiger partial charge on any atom is 0.231 e. The van der Waals surface area contributed by atoms with Crippen molar-refractivity contribution in [3.8, 4) is 0 Å². The van der Waals surface area contributed by atoms with Gasteiger partial charge in [-0.25, -0.2) is 14.4 Å². The molecule has 1 aliphatic heterocycles. The Kier molecular flexibility index (Phi) is 3.84. The quantitative estimate of drug-likeness (QED) is 0.555. The molecule has 3 heterocycles. The van der Waals surface area contributed by atoms with E-state index in [1.165, 1.54) is 23.5 Å². The zero-order valence-corrected chi connectivity index (χ0v) is 16.0. The monoisotopic (exact) mass is 398 g/mol. The number of amides is 1. The Morgan fingerprint density at radius 2 is 1.96 bits per heavy atom. The highest BCUT2D eigenvalue weighted by molar-refractivity contribution is 7.22. The van der Waals surface area contributed by atoms with Crippen LogP contribution in [-0.2, 0) is 4.79 Å². The number of fused-ring (bicyclic) bond motifs is 2. The first-order chi connectivity index (χ1) is 13.0. The lowest BCUT2D eigenvalue weighted by molar-refractivity contribution is -0.120. The topological polar surface area (TPSA) is 58.1 Å². The van der Waals surface area contributed by atoms with E-state index in [1.54, 1.807) is 17.4 Å². The fourth-order valence-corrected chi connectivity index (χ4v) is 5.00. The zero-order chi connectivity index (χ0) is 18.5. The number of aryl methyl sites for hydroxylation is 1. The van der Waals surface area contributed by atoms with Crippen LogP contribution in [-0.4, -0.2) is 29.0 Å². The smallest absolute Gasteiger partial charge is 0.231 e. The van der Waals surface area contributed by atoms with E-state index in [0.29, 0.717) is 13.1 Å². The van der Waals surface area contributed by atoms with Gasteiger partial charge >= 0.3 is 0 Å². The van der Waals surface area contributed by atoms with E-state index in [0.717, 1.165) is 36.3 Å². The molecule has 136 valence electrons. The van der Waals surface area contributed by atoms with E-state index < -0.39 is 0 Å². The molecule has 27 heavy (non-hydrogen) atoms. The number of anilines is 2. The van der Waals surface area contributed by atoms with E-state index in [-0.39, 0.29) is 17.6 Å². The summed E-state index contributed by atoms with van der Waals surface area (Å²) >= 11 is 3.10. The predicted molar refractivity (Wildman–Crippen MR) is 108 cm³/mol. The van der Waals surface area contributed by atoms with Gasteiger partial charge < -0.3 is 10.2 Å². The highest BCUT2D eigenvalue weighted by Crippen LogP contribution is 2.33. The standard InChI is InChI=1S/C19H15FN4OS2/c1-10-21-15-7-13(3-5-16(15)26-10)22-18(25)11-8-24(9-11)19-23-14-4-2-12(20)6-17(14)27-19/h2-7,11H,8-9H2,1H3,(H,22,25). The summed E-state index contributed by atoms with van der Waals surface area (Å²) in [7, 11) is 0. The first-order valence-corrected chi connectivity index (χ1v) is 10.2. The molecule has 1 saturated heterocycles. The number of thiazole rings is 2. The van der Waals surface area contributed by atoms with Gasteiger partial charge in [0, 0.05) is 18.8 Å². The van der Waals surface area contributed by atoms with Crippen LogP contribution in [0, 0.1) is 18.7 Å². The highest BCUT2D eigenvalue weighted by Gasteiger charge is 2.34. The molecule has 1 N–H and O–H groups in total. The first-order valence-electron chi connectivity index (χ1n) is 8.54. The minimum Gasteiger partial charge on any atom is -0.346 e. The summed E-state index contributed by atoms with van der Waals surface area (Å²) in [5.74, 6) is -0.336. The van der Waals surface area contributed by atoms with Gasteiger partial charge in [-0.15, -0.1) is 11.3 Å². The lowest BCUT2D eigenvalue weighted by atomic mass is 10.00. The van der Waals surface area contributed by atoms with Gasteiger partial charge in [-0.1, -0.05) is 11.3 Å². The van der Waals surface area contributed by atoms with Gasteiger partial charge in [-0.05, 0) is 43.3 Å². The van der Waals surface area contributed by atoms with Crippen LogP contribution in [0.2, 0.25) is 0 Å². The summed E-state index contributed by atoms with van der Waals surface area (Å²) in [5.41, 5.74) is 2.47. The minimum atomic E-state index is -0.258. The number of nitrogens with zero attached hydrogens (tertiary/aromatic N) is 3. The Morgan fingerprint density at radius 1 is 1.11 bits per heavy atom. The second-order valence-electron chi connectivity index (χ2n) is 6.62. The molecule has 5 nitrogen and oxygen atoms in total. The van der Waals surface area contributed by atoms with Gasteiger partial charge in [0.25, 0.3) is 0 Å². The summed E-state index contributed by atoms with van der Waals surface area (Å²) in [6, 6.07) is 10.4. The van der Waals surface area contributed by atoms with Crippen LogP contribution in [0.15, 0.2) is 36.4 Å². The van der Waals surface area contributed by atoms with Crippen LogP contribution in [0.25, 0.3) is 20.4 Å². The van der Waals surface area contributed by atoms with Crippen molar-refractivity contribution in [1.82, 2.24) is 9.97 Å². The lowest BCUT2D eigenvalue weighted by Gasteiger charge is -2.37. The molecule has 1 aliphatic rings. The summed E-state index contributed by atoms with van der Waals surface area (Å²) in [5, 5.41) is 4.83. The Hall–Kier alpha value is -2.58. The number of carbonyl (C=O) groups is 1. The number of hydrogen-bond acceptors (Lipinski definition) is 6. The number of nitrogens with one attached hydrogen (secondary N) is 1. The Labute approximate surface area is 162 Å². The van der Waals surface area contributed by atoms with Crippen LogP contribution >= 0.6 is 22.7 Å². The van der Waals surface area contributed by atoms with E-state index in [9.17, 15) is 9.18 Å². The molecular weight excluding hydrogens is 383 g/mol. The van der Waals surface area contributed by atoms with Crippen LogP contribution in [0.5, 0.6) is 0 Å². The molecule has 0 unspecified atom stereocenters. The molecule has 0 aliphatic carbocycles. The average molecular weight is 398 g/mol. The van der Waals surface area contributed by atoms with Crippen molar-refractivity contribution < 1.29 is 9.18 Å². The average Bonchev–Trinajstić information content (AvgIpc) is 3.14. The number of halogens is 1. The third-order valence-corrected chi connectivity index (χ3v) is 6.65. The van der Waals surface area contributed by atoms with Crippen molar-refractivity contribution in [1.29, 1.82) is 0 Å². The summed E-state index contributed by atoms with van der Waals surface area (Å²) < 4.78 is 15.3. The third kappa shape index (κ3) is 3.04. The predicted octanol–water partition coefficient (Wildman–Crippen LogP) is 4.43. The van der Waals surface area contributed by atoms with Crippen molar-refractivity contribution in [3.63, 3.8) is 0 Å². The Balaban J connectivity index is 1.25. The summed E-state index contributed by atoms with van der Waals surface area (Å²) in [4.78, 5) is 23.6. The number of aromatic nitrogens is 2.